The lowest BCUT2D eigenvalue weighted by molar-refractivity contribution is -0.0505. The van der Waals surface area contributed by atoms with Crippen molar-refractivity contribution in [2.24, 2.45) is 0 Å². The fourth-order valence-corrected chi connectivity index (χ4v) is 1.94. The molecule has 1 aromatic rings. The fourth-order valence-electron chi connectivity index (χ4n) is 1.53. The van der Waals surface area contributed by atoms with Crippen LogP contribution in [0.4, 0.5) is 8.78 Å². The first kappa shape index (κ1) is 16.3. The number of ether oxygens (including phenoxy) is 2. The van der Waals surface area contributed by atoms with Crippen molar-refractivity contribution in [1.29, 1.82) is 0 Å². The molecule has 0 aromatic heterocycles. The average Bonchev–Trinajstić information content (AvgIpc) is 2.36. The molecule has 0 saturated heterocycles. The normalized spacial score (nSPS) is 12.7. The van der Waals surface area contributed by atoms with E-state index in [0.29, 0.717) is 25.3 Å². The lowest BCUT2D eigenvalue weighted by Crippen LogP contribution is -2.30. The van der Waals surface area contributed by atoms with Crippen molar-refractivity contribution in [3.05, 3.63) is 28.2 Å². The Morgan fingerprint density at radius 1 is 1.37 bits per heavy atom. The van der Waals surface area contributed by atoms with Crippen molar-refractivity contribution in [3.8, 4) is 5.75 Å². The molecule has 0 fully saturated rings. The second-order valence-electron chi connectivity index (χ2n) is 4.07. The maximum atomic E-state index is 12.3. The smallest absolute Gasteiger partial charge is 0.387 e. The van der Waals surface area contributed by atoms with Crippen molar-refractivity contribution in [2.45, 2.75) is 33.0 Å². The van der Waals surface area contributed by atoms with E-state index in [2.05, 4.69) is 26.0 Å². The maximum absolute atomic E-state index is 12.3. The highest BCUT2D eigenvalue weighted by atomic mass is 79.9. The minimum Gasteiger partial charge on any atom is -0.434 e. The number of hydrogen-bond donors (Lipinski definition) is 1. The Labute approximate surface area is 120 Å². The molecule has 1 rings (SSSR count). The molecule has 0 bridgehead atoms. The summed E-state index contributed by atoms with van der Waals surface area (Å²) in [6, 6.07) is 5.10. The Balaban J connectivity index is 2.62. The fraction of sp³-hybridized carbons (Fsp3) is 0.538. The monoisotopic (exact) mass is 337 g/mol. The summed E-state index contributed by atoms with van der Waals surface area (Å²) in [5.74, 6) is 0.189. The van der Waals surface area contributed by atoms with E-state index in [1.165, 1.54) is 6.07 Å². The zero-order chi connectivity index (χ0) is 14.3. The van der Waals surface area contributed by atoms with Crippen LogP contribution in [-0.2, 0) is 11.3 Å². The second kappa shape index (κ2) is 8.45. The van der Waals surface area contributed by atoms with E-state index in [9.17, 15) is 8.78 Å². The van der Waals surface area contributed by atoms with E-state index in [-0.39, 0.29) is 11.8 Å². The van der Waals surface area contributed by atoms with Gasteiger partial charge in [0.1, 0.15) is 5.75 Å². The van der Waals surface area contributed by atoms with Crippen molar-refractivity contribution >= 4 is 15.9 Å². The summed E-state index contributed by atoms with van der Waals surface area (Å²) in [6.45, 7) is 2.76. The van der Waals surface area contributed by atoms with Gasteiger partial charge in [-0.1, -0.05) is 15.9 Å². The van der Waals surface area contributed by atoms with Crippen molar-refractivity contribution in [3.63, 3.8) is 0 Å². The Kier molecular flexibility index (Phi) is 7.27. The molecule has 0 aliphatic carbocycles. The van der Waals surface area contributed by atoms with Gasteiger partial charge in [0, 0.05) is 29.2 Å². The van der Waals surface area contributed by atoms with E-state index in [1.807, 2.05) is 13.8 Å². The quantitative estimate of drug-likeness (QED) is 0.786. The van der Waals surface area contributed by atoms with E-state index >= 15 is 0 Å². The number of alkyl halides is 2. The lowest BCUT2D eigenvalue weighted by atomic mass is 10.2. The van der Waals surface area contributed by atoms with Gasteiger partial charge in [-0.25, -0.2) is 0 Å². The summed E-state index contributed by atoms with van der Waals surface area (Å²) in [5, 5.41) is 3.20. The first-order valence-electron chi connectivity index (χ1n) is 6.07. The molecular formula is C13H18BrF2NO2. The molecule has 108 valence electrons. The van der Waals surface area contributed by atoms with Gasteiger partial charge in [0.15, 0.2) is 0 Å². The van der Waals surface area contributed by atoms with Crippen LogP contribution in [0.3, 0.4) is 0 Å². The van der Waals surface area contributed by atoms with Gasteiger partial charge >= 0.3 is 6.61 Å². The third-order valence-electron chi connectivity index (χ3n) is 2.45. The SMILES string of the molecule is CCOCC(C)NCc1cc(Br)ccc1OC(F)F. The second-order valence-corrected chi connectivity index (χ2v) is 4.99. The Morgan fingerprint density at radius 2 is 2.11 bits per heavy atom. The predicted octanol–water partition coefficient (Wildman–Crippen LogP) is 3.57. The zero-order valence-electron chi connectivity index (χ0n) is 11.0. The molecule has 0 aliphatic rings. The van der Waals surface area contributed by atoms with Gasteiger partial charge in [-0.05, 0) is 32.0 Å². The van der Waals surface area contributed by atoms with Crippen molar-refractivity contribution in [1.82, 2.24) is 5.32 Å². The number of halogens is 3. The van der Waals surface area contributed by atoms with E-state index in [1.54, 1.807) is 12.1 Å². The van der Waals surface area contributed by atoms with Gasteiger partial charge in [0.25, 0.3) is 0 Å². The molecule has 0 saturated carbocycles. The molecule has 0 aliphatic heterocycles. The Morgan fingerprint density at radius 3 is 2.74 bits per heavy atom. The van der Waals surface area contributed by atoms with Gasteiger partial charge in [-0.2, -0.15) is 8.78 Å². The number of rotatable bonds is 8. The molecule has 1 unspecified atom stereocenters. The molecule has 0 heterocycles. The third-order valence-corrected chi connectivity index (χ3v) is 2.94. The number of benzene rings is 1. The summed E-state index contributed by atoms with van der Waals surface area (Å²) in [5.41, 5.74) is 0.679. The molecular weight excluding hydrogens is 320 g/mol. The van der Waals surface area contributed by atoms with Crippen LogP contribution in [-0.4, -0.2) is 25.9 Å². The highest BCUT2D eigenvalue weighted by Gasteiger charge is 2.11. The van der Waals surface area contributed by atoms with Crippen LogP contribution >= 0.6 is 15.9 Å². The van der Waals surface area contributed by atoms with Crippen LogP contribution in [0.1, 0.15) is 19.4 Å². The minimum atomic E-state index is -2.82. The molecule has 19 heavy (non-hydrogen) atoms. The summed E-state index contributed by atoms with van der Waals surface area (Å²) < 4.78 is 35.2. The Hall–Kier alpha value is -0.720. The van der Waals surface area contributed by atoms with E-state index in [4.69, 9.17) is 4.74 Å². The third kappa shape index (κ3) is 6.31. The minimum absolute atomic E-state index is 0.137. The van der Waals surface area contributed by atoms with Gasteiger partial charge < -0.3 is 14.8 Å². The van der Waals surface area contributed by atoms with Gasteiger partial charge in [-0.15, -0.1) is 0 Å². The van der Waals surface area contributed by atoms with Crippen molar-refractivity contribution < 1.29 is 18.3 Å². The topological polar surface area (TPSA) is 30.5 Å². The predicted molar refractivity (Wildman–Crippen MR) is 73.6 cm³/mol. The first-order chi connectivity index (χ1) is 9.02. The number of nitrogens with one attached hydrogen (secondary N) is 1. The van der Waals surface area contributed by atoms with E-state index < -0.39 is 6.61 Å². The van der Waals surface area contributed by atoms with Crippen LogP contribution < -0.4 is 10.1 Å². The van der Waals surface area contributed by atoms with Crippen LogP contribution in [0.2, 0.25) is 0 Å². The van der Waals surface area contributed by atoms with Gasteiger partial charge in [0.2, 0.25) is 0 Å². The van der Waals surface area contributed by atoms with Gasteiger partial charge in [0.05, 0.1) is 6.61 Å². The molecule has 0 amide bonds. The van der Waals surface area contributed by atoms with Crippen LogP contribution in [0.25, 0.3) is 0 Å². The summed E-state index contributed by atoms with van der Waals surface area (Å²) in [7, 11) is 0. The van der Waals surface area contributed by atoms with Crippen molar-refractivity contribution in [2.75, 3.05) is 13.2 Å². The molecule has 0 spiro atoms. The molecule has 1 N–H and O–H groups in total. The summed E-state index contributed by atoms with van der Waals surface area (Å²) in [4.78, 5) is 0. The number of hydrogen-bond acceptors (Lipinski definition) is 3. The molecule has 3 nitrogen and oxygen atoms in total. The lowest BCUT2D eigenvalue weighted by Gasteiger charge is -2.16. The highest BCUT2D eigenvalue weighted by molar-refractivity contribution is 9.10. The largest absolute Gasteiger partial charge is 0.434 e. The Bertz CT molecular complexity index is 391. The van der Waals surface area contributed by atoms with Gasteiger partial charge in [-0.3, -0.25) is 0 Å². The molecule has 1 aromatic carbocycles. The molecule has 6 heteroatoms. The molecule has 0 radical (unpaired) electrons. The van der Waals surface area contributed by atoms with Crippen LogP contribution in [0.5, 0.6) is 5.75 Å². The zero-order valence-corrected chi connectivity index (χ0v) is 12.5. The van der Waals surface area contributed by atoms with Crippen LogP contribution in [0.15, 0.2) is 22.7 Å². The first-order valence-corrected chi connectivity index (χ1v) is 6.86. The average molecular weight is 338 g/mol. The van der Waals surface area contributed by atoms with E-state index in [0.717, 1.165) is 4.47 Å². The standard InChI is InChI=1S/C13H18BrF2NO2/c1-3-18-8-9(2)17-7-10-6-11(14)4-5-12(10)19-13(15)16/h4-6,9,13,17H,3,7-8H2,1-2H3. The van der Waals surface area contributed by atoms with Crippen LogP contribution in [0, 0.1) is 0 Å². The summed E-state index contributed by atoms with van der Waals surface area (Å²) in [6.07, 6.45) is 0. The summed E-state index contributed by atoms with van der Waals surface area (Å²) >= 11 is 3.32. The maximum Gasteiger partial charge on any atom is 0.387 e. The highest BCUT2D eigenvalue weighted by Crippen LogP contribution is 2.24. The molecule has 1 atom stereocenters.